The number of carbonyl (C=O) groups is 2. The second-order valence-corrected chi connectivity index (χ2v) is 5.42. The zero-order valence-electron chi connectivity index (χ0n) is 11.9. The van der Waals surface area contributed by atoms with Crippen LogP contribution in [0.15, 0.2) is 30.2 Å². The van der Waals surface area contributed by atoms with E-state index in [1.807, 2.05) is 17.5 Å². The van der Waals surface area contributed by atoms with Gasteiger partial charge in [-0.2, -0.15) is 0 Å². The van der Waals surface area contributed by atoms with Crippen LogP contribution in [0.5, 0.6) is 0 Å². The van der Waals surface area contributed by atoms with Crippen molar-refractivity contribution < 1.29 is 14.3 Å². The summed E-state index contributed by atoms with van der Waals surface area (Å²) in [5.41, 5.74) is 0. The molecule has 1 rings (SSSR count). The van der Waals surface area contributed by atoms with Crippen LogP contribution in [0.25, 0.3) is 0 Å². The lowest BCUT2D eigenvalue weighted by Gasteiger charge is -2.23. The van der Waals surface area contributed by atoms with Crippen LogP contribution < -0.4 is 0 Å². The summed E-state index contributed by atoms with van der Waals surface area (Å²) < 4.78 is 4.58. The molecule has 5 nitrogen and oxygen atoms in total. The maximum absolute atomic E-state index is 12.2. The fourth-order valence-electron chi connectivity index (χ4n) is 1.67. The molecule has 0 aliphatic rings. The third-order valence-electron chi connectivity index (χ3n) is 2.66. The molecule has 0 saturated carbocycles. The average molecular weight is 296 g/mol. The van der Waals surface area contributed by atoms with Gasteiger partial charge in [-0.25, -0.2) is 0 Å². The highest BCUT2D eigenvalue weighted by Crippen LogP contribution is 2.12. The molecule has 1 heterocycles. The molecule has 0 atom stereocenters. The molecule has 0 fully saturated rings. The number of amides is 1. The van der Waals surface area contributed by atoms with Crippen molar-refractivity contribution in [2.75, 3.05) is 33.8 Å². The molecule has 0 aliphatic carbocycles. The Morgan fingerprint density at radius 3 is 2.75 bits per heavy atom. The second kappa shape index (κ2) is 8.50. The average Bonchev–Trinajstić information content (AvgIpc) is 2.90. The Kier molecular flexibility index (Phi) is 6.97. The van der Waals surface area contributed by atoms with Crippen LogP contribution in [-0.4, -0.2) is 55.5 Å². The van der Waals surface area contributed by atoms with Gasteiger partial charge in [-0.3, -0.25) is 14.5 Å². The van der Waals surface area contributed by atoms with E-state index in [2.05, 4.69) is 11.3 Å². The van der Waals surface area contributed by atoms with Crippen molar-refractivity contribution in [2.45, 2.75) is 6.54 Å². The van der Waals surface area contributed by atoms with Crippen LogP contribution in [-0.2, 0) is 20.9 Å². The molecule has 20 heavy (non-hydrogen) atoms. The molecular weight excluding hydrogens is 276 g/mol. The summed E-state index contributed by atoms with van der Waals surface area (Å²) >= 11 is 1.61. The number of likely N-dealkylation sites (N-methyl/N-ethyl adjacent to an activating group) is 1. The van der Waals surface area contributed by atoms with Gasteiger partial charge >= 0.3 is 5.97 Å². The van der Waals surface area contributed by atoms with E-state index in [-0.39, 0.29) is 25.0 Å². The molecule has 110 valence electrons. The number of hydrogen-bond donors (Lipinski definition) is 0. The molecule has 1 aromatic heterocycles. The molecule has 6 heteroatoms. The smallest absolute Gasteiger partial charge is 0.319 e. The standard InChI is InChI=1S/C14H20N2O3S/c1-4-7-16(9-12-6-5-8-20-12)13(17)10-15(2)11-14(18)19-3/h4-6,8H,1,7,9-11H2,2-3H3. The highest BCUT2D eigenvalue weighted by atomic mass is 32.1. The molecule has 0 aromatic carbocycles. The fraction of sp³-hybridized carbons (Fsp3) is 0.429. The van der Waals surface area contributed by atoms with E-state index >= 15 is 0 Å². The summed E-state index contributed by atoms with van der Waals surface area (Å²) in [4.78, 5) is 27.9. The summed E-state index contributed by atoms with van der Waals surface area (Å²) in [6.07, 6.45) is 1.70. The number of carbonyl (C=O) groups excluding carboxylic acids is 2. The SMILES string of the molecule is C=CCN(Cc1cccs1)C(=O)CN(C)CC(=O)OC. The molecule has 0 radical (unpaired) electrons. The number of hydrogen-bond acceptors (Lipinski definition) is 5. The Labute approximate surface area is 123 Å². The molecule has 0 aliphatic heterocycles. The number of ether oxygens (including phenoxy) is 1. The summed E-state index contributed by atoms with van der Waals surface area (Å²) in [7, 11) is 3.05. The lowest BCUT2D eigenvalue weighted by Crippen LogP contribution is -2.40. The first-order chi connectivity index (χ1) is 9.56. The van der Waals surface area contributed by atoms with Crippen LogP contribution >= 0.6 is 11.3 Å². The fourth-order valence-corrected chi connectivity index (χ4v) is 2.39. The third-order valence-corrected chi connectivity index (χ3v) is 3.52. The minimum Gasteiger partial charge on any atom is -0.468 e. The number of nitrogens with zero attached hydrogens (tertiary/aromatic N) is 2. The van der Waals surface area contributed by atoms with Crippen LogP contribution in [0.3, 0.4) is 0 Å². The van der Waals surface area contributed by atoms with Crippen molar-refractivity contribution in [3.8, 4) is 0 Å². The van der Waals surface area contributed by atoms with Crippen LogP contribution in [0.4, 0.5) is 0 Å². The van der Waals surface area contributed by atoms with Gasteiger partial charge < -0.3 is 9.64 Å². The molecule has 0 spiro atoms. The predicted molar refractivity (Wildman–Crippen MR) is 79.4 cm³/mol. The number of methoxy groups -OCH3 is 1. The molecule has 1 amide bonds. The van der Waals surface area contributed by atoms with Crippen molar-refractivity contribution in [1.82, 2.24) is 9.80 Å². The normalized spacial score (nSPS) is 10.3. The lowest BCUT2D eigenvalue weighted by atomic mass is 10.3. The largest absolute Gasteiger partial charge is 0.468 e. The summed E-state index contributed by atoms with van der Waals surface area (Å²) in [6, 6.07) is 3.95. The van der Waals surface area contributed by atoms with Gasteiger partial charge in [-0.15, -0.1) is 17.9 Å². The molecule has 0 bridgehead atoms. The van der Waals surface area contributed by atoms with E-state index in [4.69, 9.17) is 0 Å². The van der Waals surface area contributed by atoms with Gasteiger partial charge in [-0.1, -0.05) is 12.1 Å². The van der Waals surface area contributed by atoms with Gasteiger partial charge in [0.05, 0.1) is 26.7 Å². The zero-order valence-corrected chi connectivity index (χ0v) is 12.7. The van der Waals surface area contributed by atoms with Crippen molar-refractivity contribution in [3.63, 3.8) is 0 Å². The maximum Gasteiger partial charge on any atom is 0.319 e. The molecule has 0 unspecified atom stereocenters. The van der Waals surface area contributed by atoms with Gasteiger partial charge in [0.2, 0.25) is 5.91 Å². The van der Waals surface area contributed by atoms with Crippen LogP contribution in [0, 0.1) is 0 Å². The topological polar surface area (TPSA) is 49.9 Å². The molecular formula is C14H20N2O3S. The Balaban J connectivity index is 2.55. The summed E-state index contributed by atoms with van der Waals surface area (Å²) in [5.74, 6) is -0.390. The zero-order chi connectivity index (χ0) is 15.0. The van der Waals surface area contributed by atoms with E-state index in [9.17, 15) is 9.59 Å². The first-order valence-corrected chi connectivity index (χ1v) is 7.11. The van der Waals surface area contributed by atoms with Gasteiger partial charge in [0, 0.05) is 11.4 Å². The van der Waals surface area contributed by atoms with Crippen LogP contribution in [0.1, 0.15) is 4.88 Å². The first kappa shape index (κ1) is 16.4. The van der Waals surface area contributed by atoms with E-state index < -0.39 is 0 Å². The lowest BCUT2D eigenvalue weighted by molar-refractivity contribution is -0.142. The van der Waals surface area contributed by atoms with E-state index in [1.165, 1.54) is 7.11 Å². The number of thiophene rings is 1. The predicted octanol–water partition coefficient (Wildman–Crippen LogP) is 1.37. The molecule has 1 aromatic rings. The summed E-state index contributed by atoms with van der Waals surface area (Å²) in [6.45, 7) is 5.00. The Morgan fingerprint density at radius 2 is 2.20 bits per heavy atom. The van der Waals surface area contributed by atoms with Crippen molar-refractivity contribution in [2.24, 2.45) is 0 Å². The highest BCUT2D eigenvalue weighted by Gasteiger charge is 2.16. The second-order valence-electron chi connectivity index (χ2n) is 4.39. The van der Waals surface area contributed by atoms with Crippen molar-refractivity contribution >= 4 is 23.2 Å². The number of rotatable bonds is 8. The minimum atomic E-state index is -0.353. The Hall–Kier alpha value is -1.66. The Morgan fingerprint density at radius 1 is 1.45 bits per heavy atom. The monoisotopic (exact) mass is 296 g/mol. The van der Waals surface area contributed by atoms with Gasteiger partial charge in [0.15, 0.2) is 0 Å². The van der Waals surface area contributed by atoms with Gasteiger partial charge in [-0.05, 0) is 18.5 Å². The first-order valence-electron chi connectivity index (χ1n) is 6.23. The van der Waals surface area contributed by atoms with Gasteiger partial charge in [0.25, 0.3) is 0 Å². The van der Waals surface area contributed by atoms with Crippen LogP contribution in [0.2, 0.25) is 0 Å². The molecule has 0 N–H and O–H groups in total. The maximum atomic E-state index is 12.2. The van der Waals surface area contributed by atoms with Crippen molar-refractivity contribution in [1.29, 1.82) is 0 Å². The third kappa shape index (κ3) is 5.54. The minimum absolute atomic E-state index is 0.0373. The quantitative estimate of drug-likeness (QED) is 0.537. The highest BCUT2D eigenvalue weighted by molar-refractivity contribution is 7.09. The van der Waals surface area contributed by atoms with Gasteiger partial charge in [0.1, 0.15) is 0 Å². The van der Waals surface area contributed by atoms with Crippen molar-refractivity contribution in [3.05, 3.63) is 35.0 Å². The summed E-state index contributed by atoms with van der Waals surface area (Å²) in [5, 5.41) is 1.98. The Bertz CT molecular complexity index is 445. The van der Waals surface area contributed by atoms with E-state index in [1.54, 1.807) is 34.3 Å². The molecule has 0 saturated heterocycles. The van der Waals surface area contributed by atoms with E-state index in [0.29, 0.717) is 13.1 Å². The number of esters is 1. The van der Waals surface area contributed by atoms with E-state index in [0.717, 1.165) is 4.88 Å².